The molecule has 1 N–H and O–H groups in total. The summed E-state index contributed by atoms with van der Waals surface area (Å²) in [7, 11) is 6.64. The maximum atomic E-state index is 14.4. The number of carbonyl (C=O) groups is 1. The highest BCUT2D eigenvalue weighted by Gasteiger charge is 2.46. The van der Waals surface area contributed by atoms with Gasteiger partial charge in [-0.25, -0.2) is 4.79 Å². The zero-order chi connectivity index (χ0) is 58.0. The van der Waals surface area contributed by atoms with Gasteiger partial charge in [-0.2, -0.15) is 0 Å². The van der Waals surface area contributed by atoms with E-state index in [1.165, 1.54) is 65.7 Å². The van der Waals surface area contributed by atoms with Gasteiger partial charge >= 0.3 is 6.09 Å². The topological polar surface area (TPSA) is 77.5 Å². The zero-order valence-corrected chi connectivity index (χ0v) is 55.5. The molecule has 4 aromatic carbocycles. The van der Waals surface area contributed by atoms with Crippen molar-refractivity contribution in [2.75, 3.05) is 35.0 Å². The van der Waals surface area contributed by atoms with Crippen molar-refractivity contribution in [3.63, 3.8) is 0 Å². The fourth-order valence-corrected chi connectivity index (χ4v) is 17.9. The molecular formula is C66H102NO6P3. The molecule has 0 aromatic heterocycles. The predicted octanol–water partition coefficient (Wildman–Crippen LogP) is 16.0. The van der Waals surface area contributed by atoms with Crippen LogP contribution in [0.2, 0.25) is 0 Å². The van der Waals surface area contributed by atoms with E-state index in [0.29, 0.717) is 23.7 Å². The third-order valence-corrected chi connectivity index (χ3v) is 21.4. The van der Waals surface area contributed by atoms with Gasteiger partial charge in [-0.3, -0.25) is 0 Å². The third kappa shape index (κ3) is 14.0. The van der Waals surface area contributed by atoms with Crippen molar-refractivity contribution in [2.45, 2.75) is 233 Å². The molecule has 1 aliphatic heterocycles. The van der Waals surface area contributed by atoms with Crippen molar-refractivity contribution in [2.24, 2.45) is 0 Å². The largest absolute Gasteiger partial charge is 0.496 e. The number of rotatable bonds is 12. The minimum atomic E-state index is -1.20. The van der Waals surface area contributed by atoms with Gasteiger partial charge in [-0.15, -0.1) is 0 Å². The van der Waals surface area contributed by atoms with Crippen LogP contribution in [0.25, 0.3) is 0 Å². The van der Waals surface area contributed by atoms with Gasteiger partial charge in [0.15, 0.2) is 0 Å². The Balaban J connectivity index is 1.94. The summed E-state index contributed by atoms with van der Waals surface area (Å²) in [6.07, 6.45) is -0.140. The summed E-state index contributed by atoms with van der Waals surface area (Å²) in [6.45, 7) is 55.0. The Morgan fingerprint density at radius 3 is 0.868 bits per heavy atom. The summed E-state index contributed by atoms with van der Waals surface area (Å²) in [5.41, 5.74) is 7.65. The summed E-state index contributed by atoms with van der Waals surface area (Å²) >= 11 is 0. The Hall–Kier alpha value is -3.36. The molecule has 1 saturated heterocycles. The molecule has 0 aliphatic carbocycles. The standard InChI is InChI=1S/C66H102NO6P3/c1-59(2,3)44-29-39(30-45(53(44)70-25)60(4,5)6)74-57(75-40-31-46(61(7,8)9)54(71-26)47(32-40)62(10,11)12)52-37-43(38-67(52)58(68)69)76(41-33-48(63(13,14)15)55(72-27)49(34-41)64(16,17)18)42-35-50(65(19,20)21)56(73-28)51(36-42)66(22,23)24/h29-36,43,52,57,74-75H,37-38H2,1-28H3,(H,68,69)/t43-,52-/m0/s1. The number of benzene rings is 4. The van der Waals surface area contributed by atoms with E-state index in [-0.39, 0.29) is 60.4 Å². The van der Waals surface area contributed by atoms with Crippen molar-refractivity contribution in [3.8, 4) is 23.0 Å². The summed E-state index contributed by atoms with van der Waals surface area (Å²) in [5.74, 6) is 3.76. The molecule has 0 radical (unpaired) electrons. The molecule has 1 heterocycles. The summed E-state index contributed by atoms with van der Waals surface area (Å²) < 4.78 is 25.4. The molecule has 0 spiro atoms. The average Bonchev–Trinajstić information content (AvgIpc) is 3.70. The number of nitrogens with zero attached hydrogens (tertiary/aromatic N) is 1. The van der Waals surface area contributed by atoms with Gasteiger partial charge in [-0.05, 0) is 127 Å². The first-order valence-electron chi connectivity index (χ1n) is 27.6. The van der Waals surface area contributed by atoms with Gasteiger partial charge < -0.3 is 29.0 Å². The molecule has 0 bridgehead atoms. The van der Waals surface area contributed by atoms with E-state index >= 15 is 0 Å². The van der Waals surface area contributed by atoms with Crippen molar-refractivity contribution in [1.82, 2.24) is 4.90 Å². The van der Waals surface area contributed by atoms with Crippen LogP contribution in [0.4, 0.5) is 4.79 Å². The van der Waals surface area contributed by atoms with Crippen LogP contribution >= 0.6 is 25.1 Å². The van der Waals surface area contributed by atoms with E-state index in [9.17, 15) is 9.90 Å². The highest BCUT2D eigenvalue weighted by Crippen LogP contribution is 2.55. The molecule has 4 aromatic rings. The molecule has 2 unspecified atom stereocenters. The number of carboxylic acid groups (broad SMARTS) is 1. The molecule has 76 heavy (non-hydrogen) atoms. The predicted molar refractivity (Wildman–Crippen MR) is 334 cm³/mol. The highest BCUT2D eigenvalue weighted by molar-refractivity contribution is 7.73. The Morgan fingerprint density at radius 2 is 0.671 bits per heavy atom. The van der Waals surface area contributed by atoms with Gasteiger partial charge in [0.2, 0.25) is 0 Å². The van der Waals surface area contributed by atoms with Crippen LogP contribution < -0.4 is 40.2 Å². The Morgan fingerprint density at radius 1 is 0.447 bits per heavy atom. The quantitative estimate of drug-likeness (QED) is 0.142. The lowest BCUT2D eigenvalue weighted by atomic mass is 9.79. The van der Waals surface area contributed by atoms with E-state index < -0.39 is 14.0 Å². The number of methoxy groups -OCH3 is 4. The van der Waals surface area contributed by atoms with Gasteiger partial charge in [0.1, 0.15) is 23.0 Å². The molecule has 5 rings (SSSR count). The molecule has 0 saturated carbocycles. The Labute approximate surface area is 467 Å². The number of amides is 1. The molecule has 1 fully saturated rings. The van der Waals surface area contributed by atoms with Crippen molar-refractivity contribution in [1.29, 1.82) is 0 Å². The maximum Gasteiger partial charge on any atom is 0.407 e. The highest BCUT2D eigenvalue weighted by atomic mass is 31.1. The second-order valence-corrected chi connectivity index (χ2v) is 35.9. The lowest BCUT2D eigenvalue weighted by molar-refractivity contribution is 0.143. The first-order valence-corrected chi connectivity index (χ1v) is 31.2. The van der Waals surface area contributed by atoms with Crippen molar-refractivity contribution < 1.29 is 28.8 Å². The van der Waals surface area contributed by atoms with Crippen LogP contribution in [0.15, 0.2) is 48.5 Å². The van der Waals surface area contributed by atoms with Crippen molar-refractivity contribution in [3.05, 3.63) is 93.0 Å². The van der Waals surface area contributed by atoms with Crippen LogP contribution in [0.1, 0.15) is 217 Å². The second-order valence-electron chi connectivity index (χ2n) is 29.9. The number of likely N-dealkylation sites (tertiary alicyclic amines) is 1. The molecule has 4 atom stereocenters. The summed E-state index contributed by atoms with van der Waals surface area (Å²) in [5, 5.41) is 16.7. The number of hydrogen-bond donors (Lipinski definition) is 1. The van der Waals surface area contributed by atoms with Crippen molar-refractivity contribution >= 4 is 52.4 Å². The maximum absolute atomic E-state index is 14.4. The van der Waals surface area contributed by atoms with Gasteiger partial charge in [0, 0.05) is 68.2 Å². The summed E-state index contributed by atoms with van der Waals surface area (Å²) in [4.78, 5) is 16.2. The van der Waals surface area contributed by atoms with Gasteiger partial charge in [-0.1, -0.05) is 183 Å². The zero-order valence-electron chi connectivity index (χ0n) is 52.6. The van der Waals surface area contributed by atoms with E-state index in [4.69, 9.17) is 18.9 Å². The Kier molecular flexibility index (Phi) is 18.6. The van der Waals surface area contributed by atoms with E-state index in [1.54, 1.807) is 28.4 Å². The van der Waals surface area contributed by atoms with E-state index in [1.807, 2.05) is 4.90 Å². The summed E-state index contributed by atoms with van der Waals surface area (Å²) in [6, 6.07) is 18.9. The molecular weight excluding hydrogens is 996 g/mol. The number of hydrogen-bond acceptors (Lipinski definition) is 5. The minimum absolute atomic E-state index is 0.00598. The molecule has 10 heteroatoms. The average molecular weight is 1100 g/mol. The van der Waals surface area contributed by atoms with E-state index in [0.717, 1.165) is 29.4 Å². The first-order chi connectivity index (χ1) is 34.4. The third-order valence-electron chi connectivity index (χ3n) is 15.1. The molecule has 422 valence electrons. The normalized spacial score (nSPS) is 17.1. The monoisotopic (exact) mass is 1100 g/mol. The first kappa shape index (κ1) is 63.5. The minimum Gasteiger partial charge on any atom is -0.496 e. The smallest absolute Gasteiger partial charge is 0.407 e. The van der Waals surface area contributed by atoms with Crippen LogP contribution in [-0.4, -0.2) is 68.2 Å². The van der Waals surface area contributed by atoms with E-state index in [2.05, 4.69) is 215 Å². The molecule has 1 amide bonds. The molecule has 7 nitrogen and oxygen atoms in total. The van der Waals surface area contributed by atoms with Crippen LogP contribution in [0.3, 0.4) is 0 Å². The second kappa shape index (κ2) is 22.3. The molecule has 1 aliphatic rings. The lowest BCUT2D eigenvalue weighted by Gasteiger charge is -2.35. The van der Waals surface area contributed by atoms with Crippen LogP contribution in [-0.2, 0) is 43.3 Å². The fraction of sp³-hybridized carbons (Fsp3) is 0.621. The van der Waals surface area contributed by atoms with Crippen LogP contribution in [0.5, 0.6) is 23.0 Å². The fourth-order valence-electron chi connectivity index (χ4n) is 11.0. The Bertz CT molecular complexity index is 2430. The lowest BCUT2D eigenvalue weighted by Crippen LogP contribution is -2.40. The number of ether oxygens (including phenoxy) is 4. The van der Waals surface area contributed by atoms with Gasteiger partial charge in [0.25, 0.3) is 0 Å². The SMILES string of the molecule is COc1c(C(C)(C)C)cc(PC(Pc2cc(C(C)(C)C)c(OC)c(C(C)(C)C)c2)[C@@H]2C[C@H](P(c3cc(C(C)(C)C)c(OC)c(C(C)(C)C)c3)c3cc(C(C)(C)C)c(OC)c(C(C)(C)C)c3)CN2C(=O)O)cc1C(C)(C)C. The van der Waals surface area contributed by atoms with Crippen LogP contribution in [0, 0.1) is 0 Å². The van der Waals surface area contributed by atoms with Gasteiger partial charge in [0.05, 0.1) is 28.4 Å².